The zero-order valence-corrected chi connectivity index (χ0v) is 16.2. The second kappa shape index (κ2) is 8.45. The second-order valence-electron chi connectivity index (χ2n) is 6.84. The Kier molecular flexibility index (Phi) is 5.57. The van der Waals surface area contributed by atoms with Crippen LogP contribution in [0.4, 0.5) is 10.2 Å². The van der Waals surface area contributed by atoms with Crippen LogP contribution in [0.25, 0.3) is 11.3 Å². The third kappa shape index (κ3) is 4.81. The van der Waals surface area contributed by atoms with Crippen LogP contribution in [-0.4, -0.2) is 28.1 Å². The van der Waals surface area contributed by atoms with Crippen molar-refractivity contribution >= 4 is 29.3 Å². The fourth-order valence-electron chi connectivity index (χ4n) is 2.88. The number of aromatic nitrogens is 2. The molecule has 0 radical (unpaired) electrons. The van der Waals surface area contributed by atoms with Crippen molar-refractivity contribution in [3.05, 3.63) is 71.0 Å². The summed E-state index contributed by atoms with van der Waals surface area (Å²) in [5.41, 5.74) is 1.95. The average molecular weight is 412 g/mol. The van der Waals surface area contributed by atoms with E-state index in [1.165, 1.54) is 24.3 Å². The van der Waals surface area contributed by atoms with Crippen LogP contribution in [0, 0.1) is 5.82 Å². The van der Waals surface area contributed by atoms with E-state index in [4.69, 9.17) is 11.6 Å². The molecule has 1 heterocycles. The monoisotopic (exact) mass is 411 g/mol. The number of amides is 1. The number of hydrogen-bond donors (Lipinski definition) is 3. The molecule has 29 heavy (non-hydrogen) atoms. The highest BCUT2D eigenvalue weighted by atomic mass is 35.5. The standard InChI is InChI=1S/C21H19ClFN5O/c22-15-8-4-13(5-9-15)18-12-19(28-27-18)25-21(24-17-2-1-3-17)26-20(29)14-6-10-16(23)11-7-14/h4-12,17H,1-3H2,(H3,24,25,26,27,28,29). The van der Waals surface area contributed by atoms with Crippen molar-refractivity contribution in [3.63, 3.8) is 0 Å². The van der Waals surface area contributed by atoms with Gasteiger partial charge in [0, 0.05) is 28.3 Å². The molecule has 2 aromatic carbocycles. The van der Waals surface area contributed by atoms with Crippen molar-refractivity contribution in [3.8, 4) is 11.3 Å². The van der Waals surface area contributed by atoms with E-state index >= 15 is 0 Å². The SMILES string of the molecule is O=C(/N=C(\Nc1cc(-c2ccc(Cl)cc2)n[nH]1)NC1CCC1)c1ccc(F)cc1. The Hall–Kier alpha value is -3.19. The van der Waals surface area contributed by atoms with Crippen LogP contribution in [0.2, 0.25) is 5.02 Å². The van der Waals surface area contributed by atoms with Crippen molar-refractivity contribution in [1.29, 1.82) is 0 Å². The highest BCUT2D eigenvalue weighted by molar-refractivity contribution is 6.30. The fourth-order valence-corrected chi connectivity index (χ4v) is 3.01. The number of nitrogens with one attached hydrogen (secondary N) is 3. The Morgan fingerprint density at radius 3 is 2.52 bits per heavy atom. The van der Waals surface area contributed by atoms with Gasteiger partial charge in [0.2, 0.25) is 5.96 Å². The predicted octanol–water partition coefficient (Wildman–Crippen LogP) is 4.62. The molecule has 8 heteroatoms. The lowest BCUT2D eigenvalue weighted by atomic mass is 9.93. The Morgan fingerprint density at radius 1 is 1.14 bits per heavy atom. The first kappa shape index (κ1) is 19.1. The van der Waals surface area contributed by atoms with E-state index in [1.54, 1.807) is 12.1 Å². The normalized spacial score (nSPS) is 14.3. The predicted molar refractivity (Wildman–Crippen MR) is 112 cm³/mol. The zero-order valence-electron chi connectivity index (χ0n) is 15.5. The van der Waals surface area contributed by atoms with Crippen molar-refractivity contribution in [2.45, 2.75) is 25.3 Å². The molecule has 1 aliphatic rings. The maximum absolute atomic E-state index is 13.1. The molecular weight excluding hydrogens is 393 g/mol. The molecular formula is C21H19ClFN5O. The van der Waals surface area contributed by atoms with Gasteiger partial charge in [-0.1, -0.05) is 23.7 Å². The zero-order chi connectivity index (χ0) is 20.2. The number of guanidine groups is 1. The van der Waals surface area contributed by atoms with Gasteiger partial charge in [0.25, 0.3) is 5.91 Å². The van der Waals surface area contributed by atoms with Crippen LogP contribution in [0.15, 0.2) is 59.6 Å². The highest BCUT2D eigenvalue weighted by Crippen LogP contribution is 2.22. The summed E-state index contributed by atoms with van der Waals surface area (Å²) in [4.78, 5) is 16.6. The lowest BCUT2D eigenvalue weighted by Crippen LogP contribution is -2.43. The number of H-pyrrole nitrogens is 1. The van der Waals surface area contributed by atoms with Gasteiger partial charge in [-0.2, -0.15) is 10.1 Å². The van der Waals surface area contributed by atoms with Crippen LogP contribution >= 0.6 is 11.6 Å². The number of aromatic amines is 1. The Morgan fingerprint density at radius 2 is 1.86 bits per heavy atom. The first-order valence-corrected chi connectivity index (χ1v) is 9.68. The minimum Gasteiger partial charge on any atom is -0.353 e. The minimum absolute atomic E-state index is 0.265. The van der Waals surface area contributed by atoms with Crippen molar-refractivity contribution in [1.82, 2.24) is 15.5 Å². The summed E-state index contributed by atoms with van der Waals surface area (Å²) in [5.74, 6) is 0.0585. The largest absolute Gasteiger partial charge is 0.353 e. The summed E-state index contributed by atoms with van der Waals surface area (Å²) >= 11 is 5.93. The molecule has 0 unspecified atom stereocenters. The lowest BCUT2D eigenvalue weighted by molar-refractivity contribution is 0.100. The van der Waals surface area contributed by atoms with E-state index in [1.807, 2.05) is 18.2 Å². The Balaban J connectivity index is 1.53. The van der Waals surface area contributed by atoms with E-state index in [0.717, 1.165) is 30.5 Å². The number of hydrogen-bond acceptors (Lipinski definition) is 2. The molecule has 1 aromatic heterocycles. The third-order valence-corrected chi connectivity index (χ3v) is 4.97. The van der Waals surface area contributed by atoms with Gasteiger partial charge in [-0.05, 0) is 55.7 Å². The maximum atomic E-state index is 13.1. The fraction of sp³-hybridized carbons (Fsp3) is 0.190. The third-order valence-electron chi connectivity index (χ3n) is 4.72. The van der Waals surface area contributed by atoms with Gasteiger partial charge in [0.05, 0.1) is 5.69 Å². The van der Waals surface area contributed by atoms with Crippen LogP contribution in [-0.2, 0) is 0 Å². The summed E-state index contributed by atoms with van der Waals surface area (Å²) in [6, 6.07) is 14.7. The van der Waals surface area contributed by atoms with Gasteiger partial charge in [-0.25, -0.2) is 4.39 Å². The van der Waals surface area contributed by atoms with Crippen LogP contribution < -0.4 is 10.6 Å². The first-order valence-electron chi connectivity index (χ1n) is 9.30. The summed E-state index contributed by atoms with van der Waals surface area (Å²) < 4.78 is 13.1. The second-order valence-corrected chi connectivity index (χ2v) is 7.28. The Bertz CT molecular complexity index is 1030. The summed E-state index contributed by atoms with van der Waals surface area (Å²) in [6.07, 6.45) is 3.18. The number of rotatable bonds is 4. The molecule has 1 fully saturated rings. The molecule has 1 aliphatic carbocycles. The molecule has 3 aromatic rings. The van der Waals surface area contributed by atoms with Gasteiger partial charge in [-0.3, -0.25) is 9.89 Å². The molecule has 0 bridgehead atoms. The molecule has 1 saturated carbocycles. The molecule has 1 amide bonds. The van der Waals surface area contributed by atoms with Gasteiger partial charge in [0.15, 0.2) is 0 Å². The van der Waals surface area contributed by atoms with Gasteiger partial charge < -0.3 is 10.6 Å². The van der Waals surface area contributed by atoms with Crippen molar-refractivity contribution in [2.75, 3.05) is 5.32 Å². The maximum Gasteiger partial charge on any atom is 0.280 e. The molecule has 0 atom stereocenters. The number of benzene rings is 2. The Labute approximate surface area is 172 Å². The number of carbonyl (C=O) groups excluding carboxylic acids is 1. The average Bonchev–Trinajstić information content (AvgIpc) is 3.14. The first-order chi connectivity index (χ1) is 14.1. The highest BCUT2D eigenvalue weighted by Gasteiger charge is 2.20. The van der Waals surface area contributed by atoms with Crippen molar-refractivity contribution in [2.24, 2.45) is 4.99 Å². The van der Waals surface area contributed by atoms with E-state index in [9.17, 15) is 9.18 Å². The molecule has 4 rings (SSSR count). The summed E-state index contributed by atoms with van der Waals surface area (Å²) in [6.45, 7) is 0. The van der Waals surface area contributed by atoms with E-state index in [0.29, 0.717) is 22.4 Å². The molecule has 0 saturated heterocycles. The number of anilines is 1. The van der Waals surface area contributed by atoms with E-state index in [-0.39, 0.29) is 6.04 Å². The van der Waals surface area contributed by atoms with Gasteiger partial charge in [0.1, 0.15) is 11.6 Å². The van der Waals surface area contributed by atoms with Crippen LogP contribution in [0.3, 0.4) is 0 Å². The number of aliphatic imine (C=N–C) groups is 1. The quantitative estimate of drug-likeness (QED) is 0.432. The molecule has 6 nitrogen and oxygen atoms in total. The molecule has 148 valence electrons. The lowest BCUT2D eigenvalue weighted by Gasteiger charge is -2.28. The van der Waals surface area contributed by atoms with E-state index in [2.05, 4.69) is 25.8 Å². The van der Waals surface area contributed by atoms with Crippen LogP contribution in [0.1, 0.15) is 29.6 Å². The molecule has 3 N–H and O–H groups in total. The van der Waals surface area contributed by atoms with Crippen molar-refractivity contribution < 1.29 is 9.18 Å². The molecule has 0 spiro atoms. The van der Waals surface area contributed by atoms with Gasteiger partial charge >= 0.3 is 0 Å². The summed E-state index contributed by atoms with van der Waals surface area (Å²) in [7, 11) is 0. The number of nitrogens with zero attached hydrogens (tertiary/aromatic N) is 2. The molecule has 0 aliphatic heterocycles. The topological polar surface area (TPSA) is 82.2 Å². The smallest absolute Gasteiger partial charge is 0.280 e. The minimum atomic E-state index is -0.461. The summed E-state index contributed by atoms with van der Waals surface area (Å²) in [5, 5.41) is 14.2. The number of carbonyl (C=O) groups is 1. The van der Waals surface area contributed by atoms with E-state index < -0.39 is 11.7 Å². The number of halogens is 2. The van der Waals surface area contributed by atoms with Gasteiger partial charge in [-0.15, -0.1) is 0 Å². The van der Waals surface area contributed by atoms with Crippen LogP contribution in [0.5, 0.6) is 0 Å².